The minimum absolute atomic E-state index is 0.767. The zero-order valence-electron chi connectivity index (χ0n) is 12.6. The van der Waals surface area contributed by atoms with Gasteiger partial charge in [0.25, 0.3) is 0 Å². The summed E-state index contributed by atoms with van der Waals surface area (Å²) in [4.78, 5) is 2.86. The van der Waals surface area contributed by atoms with E-state index in [4.69, 9.17) is 0 Å². The molecule has 106 valence electrons. The molecule has 2 aliphatic rings. The van der Waals surface area contributed by atoms with E-state index < -0.39 is 0 Å². The number of nitrogens with one attached hydrogen (secondary N) is 1. The van der Waals surface area contributed by atoms with Gasteiger partial charge in [0.05, 0.1) is 0 Å². The molecule has 0 bridgehead atoms. The van der Waals surface area contributed by atoms with Crippen LogP contribution in [0.4, 0.5) is 0 Å². The average Bonchev–Trinajstić information content (AvgIpc) is 2.82. The van der Waals surface area contributed by atoms with Crippen LogP contribution >= 0.6 is 0 Å². The molecule has 3 unspecified atom stereocenters. The Hall–Kier alpha value is -0.0800. The normalized spacial score (nSPS) is 30.7. The molecule has 0 aromatic carbocycles. The molecule has 0 amide bonds. The maximum absolute atomic E-state index is 3.67. The maximum Gasteiger partial charge on any atom is 0.0221 e. The second kappa shape index (κ2) is 6.91. The van der Waals surface area contributed by atoms with Crippen molar-refractivity contribution in [3.63, 3.8) is 0 Å². The third-order valence-corrected chi connectivity index (χ3v) is 4.91. The molecule has 2 nitrogen and oxygen atoms in total. The number of likely N-dealkylation sites (tertiary alicyclic amines) is 1. The molecule has 2 heteroatoms. The quantitative estimate of drug-likeness (QED) is 0.780. The minimum Gasteiger partial charge on any atom is -0.315 e. The largest absolute Gasteiger partial charge is 0.315 e. The van der Waals surface area contributed by atoms with E-state index in [1.165, 1.54) is 58.2 Å². The maximum atomic E-state index is 3.67. The lowest BCUT2D eigenvalue weighted by molar-refractivity contribution is 0.0646. The number of nitrogens with zero attached hydrogens (tertiary/aromatic N) is 1. The summed E-state index contributed by atoms with van der Waals surface area (Å²) in [6.45, 7) is 10.7. The topological polar surface area (TPSA) is 15.3 Å². The first-order valence-corrected chi connectivity index (χ1v) is 8.18. The fraction of sp³-hybridized carbons (Fsp3) is 1.00. The summed E-state index contributed by atoms with van der Waals surface area (Å²) in [5.41, 5.74) is 0. The van der Waals surface area contributed by atoms with Crippen molar-refractivity contribution < 1.29 is 0 Å². The van der Waals surface area contributed by atoms with E-state index in [0.717, 1.165) is 23.9 Å². The van der Waals surface area contributed by atoms with Gasteiger partial charge in [0.2, 0.25) is 0 Å². The van der Waals surface area contributed by atoms with Crippen LogP contribution in [0.3, 0.4) is 0 Å². The minimum atomic E-state index is 0.767. The van der Waals surface area contributed by atoms with Crippen molar-refractivity contribution in [1.29, 1.82) is 0 Å². The van der Waals surface area contributed by atoms with Crippen LogP contribution in [-0.4, -0.2) is 36.6 Å². The van der Waals surface area contributed by atoms with Gasteiger partial charge in [0.1, 0.15) is 0 Å². The molecular formula is C16H32N2. The van der Waals surface area contributed by atoms with Crippen molar-refractivity contribution in [3.05, 3.63) is 0 Å². The number of hydrogen-bond donors (Lipinski definition) is 1. The zero-order valence-corrected chi connectivity index (χ0v) is 12.6. The Morgan fingerprint density at radius 2 is 1.89 bits per heavy atom. The lowest BCUT2D eigenvalue weighted by Gasteiger charge is -2.43. The monoisotopic (exact) mass is 252 g/mol. The van der Waals surface area contributed by atoms with Gasteiger partial charge in [-0.25, -0.2) is 0 Å². The van der Waals surface area contributed by atoms with Gasteiger partial charge in [-0.05, 0) is 57.0 Å². The molecule has 0 radical (unpaired) electrons. The van der Waals surface area contributed by atoms with E-state index in [-0.39, 0.29) is 0 Å². The Bertz CT molecular complexity index is 239. The van der Waals surface area contributed by atoms with Crippen molar-refractivity contribution in [2.75, 3.05) is 19.6 Å². The molecule has 2 rings (SSSR count). The summed E-state index contributed by atoms with van der Waals surface area (Å²) in [7, 11) is 0. The Kier molecular flexibility index (Phi) is 5.50. The Morgan fingerprint density at radius 1 is 1.11 bits per heavy atom. The SMILES string of the molecule is CCC(CNCC(C)C)N1CCCC2CCCC21. The standard InChI is InChI=1S/C16H32N2/c1-4-15(12-17-11-13(2)3)18-10-6-8-14-7-5-9-16(14)18/h13-17H,4-12H2,1-3H3. The molecule has 1 aliphatic heterocycles. The predicted octanol–water partition coefficient (Wildman–Crippen LogP) is 3.28. The summed E-state index contributed by atoms with van der Waals surface area (Å²) in [6.07, 6.45) is 8.66. The number of rotatable bonds is 6. The fourth-order valence-corrected chi connectivity index (χ4v) is 3.98. The summed E-state index contributed by atoms with van der Waals surface area (Å²) >= 11 is 0. The highest BCUT2D eigenvalue weighted by molar-refractivity contribution is 4.92. The van der Waals surface area contributed by atoms with Gasteiger partial charge in [0, 0.05) is 18.6 Å². The van der Waals surface area contributed by atoms with E-state index in [2.05, 4.69) is 31.0 Å². The third-order valence-electron chi connectivity index (χ3n) is 4.91. The van der Waals surface area contributed by atoms with E-state index in [9.17, 15) is 0 Å². The van der Waals surface area contributed by atoms with Crippen LogP contribution in [0.2, 0.25) is 0 Å². The van der Waals surface area contributed by atoms with Crippen LogP contribution in [0.25, 0.3) is 0 Å². The van der Waals surface area contributed by atoms with E-state index >= 15 is 0 Å². The lowest BCUT2D eigenvalue weighted by Crippen LogP contribution is -2.51. The second-order valence-electron chi connectivity index (χ2n) is 6.75. The number of hydrogen-bond acceptors (Lipinski definition) is 2. The zero-order chi connectivity index (χ0) is 13.0. The van der Waals surface area contributed by atoms with Crippen molar-refractivity contribution in [1.82, 2.24) is 10.2 Å². The number of fused-ring (bicyclic) bond motifs is 1. The molecule has 0 aromatic rings. The van der Waals surface area contributed by atoms with E-state index in [1.807, 2.05) is 0 Å². The second-order valence-corrected chi connectivity index (χ2v) is 6.75. The van der Waals surface area contributed by atoms with Crippen LogP contribution in [-0.2, 0) is 0 Å². The molecule has 0 spiro atoms. The van der Waals surface area contributed by atoms with Crippen LogP contribution < -0.4 is 5.32 Å². The third kappa shape index (κ3) is 3.48. The first-order valence-electron chi connectivity index (χ1n) is 8.18. The summed E-state index contributed by atoms with van der Waals surface area (Å²) in [6, 6.07) is 1.69. The first kappa shape index (κ1) is 14.3. The molecule has 1 aliphatic carbocycles. The molecule has 1 saturated carbocycles. The summed E-state index contributed by atoms with van der Waals surface area (Å²) in [5, 5.41) is 3.67. The van der Waals surface area contributed by atoms with Crippen molar-refractivity contribution in [3.8, 4) is 0 Å². The first-order chi connectivity index (χ1) is 8.72. The van der Waals surface area contributed by atoms with Crippen molar-refractivity contribution in [2.45, 2.75) is 71.4 Å². The highest BCUT2D eigenvalue weighted by Crippen LogP contribution is 2.37. The predicted molar refractivity (Wildman–Crippen MR) is 78.9 cm³/mol. The van der Waals surface area contributed by atoms with Gasteiger partial charge in [-0.2, -0.15) is 0 Å². The Labute approximate surface area is 114 Å². The van der Waals surface area contributed by atoms with Crippen molar-refractivity contribution >= 4 is 0 Å². The molecule has 2 fully saturated rings. The highest BCUT2D eigenvalue weighted by Gasteiger charge is 2.37. The molecule has 1 heterocycles. The molecule has 18 heavy (non-hydrogen) atoms. The molecule has 1 N–H and O–H groups in total. The van der Waals surface area contributed by atoms with E-state index in [0.29, 0.717) is 0 Å². The van der Waals surface area contributed by atoms with Gasteiger partial charge in [0.15, 0.2) is 0 Å². The smallest absolute Gasteiger partial charge is 0.0221 e. The average molecular weight is 252 g/mol. The summed E-state index contributed by atoms with van der Waals surface area (Å²) in [5.74, 6) is 1.79. The molecule has 1 saturated heterocycles. The van der Waals surface area contributed by atoms with Gasteiger partial charge >= 0.3 is 0 Å². The Balaban J connectivity index is 1.85. The van der Waals surface area contributed by atoms with Gasteiger partial charge < -0.3 is 5.32 Å². The van der Waals surface area contributed by atoms with E-state index in [1.54, 1.807) is 0 Å². The van der Waals surface area contributed by atoms with Gasteiger partial charge in [-0.1, -0.05) is 27.2 Å². The number of piperidine rings is 1. The van der Waals surface area contributed by atoms with Crippen LogP contribution in [0, 0.1) is 11.8 Å². The van der Waals surface area contributed by atoms with Crippen LogP contribution in [0.1, 0.15) is 59.3 Å². The lowest BCUT2D eigenvalue weighted by atomic mass is 9.90. The van der Waals surface area contributed by atoms with Crippen molar-refractivity contribution in [2.24, 2.45) is 11.8 Å². The molecular weight excluding hydrogens is 220 g/mol. The van der Waals surface area contributed by atoms with Crippen LogP contribution in [0.15, 0.2) is 0 Å². The van der Waals surface area contributed by atoms with Gasteiger partial charge in [-0.3, -0.25) is 4.90 Å². The molecule has 0 aromatic heterocycles. The summed E-state index contributed by atoms with van der Waals surface area (Å²) < 4.78 is 0. The molecule has 3 atom stereocenters. The van der Waals surface area contributed by atoms with Gasteiger partial charge in [-0.15, -0.1) is 0 Å². The Morgan fingerprint density at radius 3 is 2.61 bits per heavy atom. The fourth-order valence-electron chi connectivity index (χ4n) is 3.98. The van der Waals surface area contributed by atoms with Crippen LogP contribution in [0.5, 0.6) is 0 Å². The highest BCUT2D eigenvalue weighted by atomic mass is 15.2.